The van der Waals surface area contributed by atoms with Crippen LogP contribution in [0, 0.1) is 5.92 Å². The zero-order valence-corrected chi connectivity index (χ0v) is 30.3. The van der Waals surface area contributed by atoms with E-state index in [-0.39, 0.29) is 24.0 Å². The van der Waals surface area contributed by atoms with Crippen molar-refractivity contribution < 1.29 is 29.0 Å². The molecule has 1 spiro atoms. The van der Waals surface area contributed by atoms with Gasteiger partial charge in [-0.15, -0.1) is 5.10 Å². The molecule has 2 amide bonds. The second kappa shape index (κ2) is 13.1. The van der Waals surface area contributed by atoms with Crippen LogP contribution in [0.3, 0.4) is 0 Å². The number of amides is 2. The Morgan fingerprint density at radius 3 is 2.40 bits per heavy atom. The molecule has 0 aliphatic carbocycles. The molecular formula is C40H41N5O6Si. The molecule has 0 unspecified atom stereocenters. The van der Waals surface area contributed by atoms with Crippen LogP contribution in [0.4, 0.5) is 17.1 Å². The van der Waals surface area contributed by atoms with E-state index >= 15 is 4.79 Å². The fourth-order valence-electron chi connectivity index (χ4n) is 8.40. The summed E-state index contributed by atoms with van der Waals surface area (Å²) in [4.78, 5) is 43.7. The summed E-state index contributed by atoms with van der Waals surface area (Å²) in [7, 11) is -2.95. The van der Waals surface area contributed by atoms with Crippen LogP contribution in [0.5, 0.6) is 5.75 Å². The van der Waals surface area contributed by atoms with Crippen LogP contribution in [-0.4, -0.2) is 57.7 Å². The van der Waals surface area contributed by atoms with Gasteiger partial charge < -0.3 is 24.3 Å². The van der Waals surface area contributed by atoms with Crippen LogP contribution in [0.2, 0.25) is 18.6 Å². The first-order valence-corrected chi connectivity index (χ1v) is 20.7. The van der Waals surface area contributed by atoms with Crippen molar-refractivity contribution in [3.8, 4) is 5.75 Å². The molecule has 1 saturated heterocycles. The summed E-state index contributed by atoms with van der Waals surface area (Å²) in [5, 5.41) is 19.4. The number of carbonyl (C=O) groups excluding carboxylic acids is 2. The molecule has 266 valence electrons. The Kier molecular flexibility index (Phi) is 8.57. The second-order valence-electron chi connectivity index (χ2n) is 14.4. The lowest BCUT2D eigenvalue weighted by Gasteiger charge is -2.33. The highest BCUT2D eigenvalue weighted by Gasteiger charge is 2.66. The molecule has 4 aromatic carbocycles. The van der Waals surface area contributed by atoms with Crippen molar-refractivity contribution in [1.82, 2.24) is 15.0 Å². The van der Waals surface area contributed by atoms with Crippen LogP contribution < -0.4 is 14.5 Å². The third-order valence-corrected chi connectivity index (χ3v) is 13.2. The molecule has 4 heterocycles. The lowest BCUT2D eigenvalue weighted by atomic mass is 9.82. The van der Waals surface area contributed by atoms with Crippen molar-refractivity contribution in [3.63, 3.8) is 0 Å². The van der Waals surface area contributed by atoms with Gasteiger partial charge in [0.1, 0.15) is 17.5 Å². The third-order valence-electron chi connectivity index (χ3n) is 10.7. The number of anilines is 3. The largest absolute Gasteiger partial charge is 0.482 e. The first-order chi connectivity index (χ1) is 25.1. The predicted octanol–water partition coefficient (Wildman–Crippen LogP) is 5.85. The summed E-state index contributed by atoms with van der Waals surface area (Å²) in [6, 6.07) is 32.2. The SMILES string of the molecule is C[C@H]1[C@H]([Si](C)(C)O)[C@@H](CCn2cc([C@H](O)c3ccccc3)nn2)O[C@]12C(=O)N(Cc1ccccc1)c1ccc(N3C(=O)COc4ccccc43)cc12. The van der Waals surface area contributed by atoms with Crippen molar-refractivity contribution in [1.29, 1.82) is 0 Å². The van der Waals surface area contributed by atoms with E-state index in [1.807, 2.05) is 123 Å². The quantitative estimate of drug-likeness (QED) is 0.182. The highest BCUT2D eigenvalue weighted by atomic mass is 28.4. The number of rotatable bonds is 9. The highest BCUT2D eigenvalue weighted by Crippen LogP contribution is 2.60. The lowest BCUT2D eigenvalue weighted by molar-refractivity contribution is -0.146. The molecule has 5 aromatic rings. The Hall–Kier alpha value is -5.14. The van der Waals surface area contributed by atoms with Gasteiger partial charge in [-0.05, 0) is 61.0 Å². The van der Waals surface area contributed by atoms with Gasteiger partial charge in [0.2, 0.25) is 0 Å². The fourth-order valence-corrected chi connectivity index (χ4v) is 11.0. The summed E-state index contributed by atoms with van der Waals surface area (Å²) in [5.74, 6) is -0.206. The van der Waals surface area contributed by atoms with Crippen LogP contribution >= 0.6 is 0 Å². The number of hydrogen-bond donors (Lipinski definition) is 2. The molecule has 12 heteroatoms. The van der Waals surface area contributed by atoms with Crippen molar-refractivity contribution in [2.45, 2.75) is 62.9 Å². The molecule has 3 aliphatic rings. The molecule has 1 fully saturated rings. The predicted molar refractivity (Wildman–Crippen MR) is 197 cm³/mol. The molecule has 52 heavy (non-hydrogen) atoms. The highest BCUT2D eigenvalue weighted by molar-refractivity contribution is 6.71. The van der Waals surface area contributed by atoms with E-state index in [9.17, 15) is 14.7 Å². The number of aliphatic hydroxyl groups is 1. The van der Waals surface area contributed by atoms with E-state index in [4.69, 9.17) is 9.47 Å². The minimum atomic E-state index is -2.95. The fraction of sp³-hybridized carbons (Fsp3) is 0.300. The van der Waals surface area contributed by atoms with Gasteiger partial charge in [-0.1, -0.05) is 84.9 Å². The Bertz CT molecular complexity index is 2120. The maximum absolute atomic E-state index is 15.0. The topological polar surface area (TPSA) is 130 Å². The normalized spacial score (nSPS) is 23.1. The molecule has 11 nitrogen and oxygen atoms in total. The van der Waals surface area contributed by atoms with Gasteiger partial charge in [0.15, 0.2) is 20.5 Å². The van der Waals surface area contributed by atoms with Gasteiger partial charge in [0.25, 0.3) is 11.8 Å². The standard InChI is InChI=1S/C40H41N5O6Si/c1-26-38(52(2,3)49)35(20-21-43-24-31(41-42-43)37(47)28-14-8-5-9-15-28)51-40(26)30-22-29(45-33-16-10-11-17-34(33)50-25-36(45)46)18-19-32(30)44(39(40)48)23-27-12-6-4-7-13-27/h4-19,22,24,26,35,37-38,47,49H,20-21,23,25H2,1-3H3/t26-,35+,37+,38-,40+/m0/s1. The summed E-state index contributed by atoms with van der Waals surface area (Å²) in [6.45, 7) is 6.44. The number of carbonyl (C=O) groups is 2. The first kappa shape index (κ1) is 34.0. The summed E-state index contributed by atoms with van der Waals surface area (Å²) in [5.41, 5.74) is 3.02. The zero-order valence-electron chi connectivity index (χ0n) is 29.3. The van der Waals surface area contributed by atoms with Gasteiger partial charge in [0, 0.05) is 29.3 Å². The number of nitrogens with zero attached hydrogens (tertiary/aromatic N) is 5. The third kappa shape index (κ3) is 5.72. The van der Waals surface area contributed by atoms with Gasteiger partial charge in [-0.25, -0.2) is 0 Å². The molecule has 5 atom stereocenters. The number of aryl methyl sites for hydroxylation is 1. The lowest BCUT2D eigenvalue weighted by Crippen LogP contribution is -2.46. The van der Waals surface area contributed by atoms with E-state index in [0.717, 1.165) is 11.1 Å². The van der Waals surface area contributed by atoms with Crippen LogP contribution in [0.25, 0.3) is 0 Å². The molecular weight excluding hydrogens is 675 g/mol. The van der Waals surface area contributed by atoms with Gasteiger partial charge in [-0.3, -0.25) is 19.2 Å². The smallest absolute Gasteiger partial charge is 0.269 e. The van der Waals surface area contributed by atoms with Crippen LogP contribution in [-0.2, 0) is 33.0 Å². The monoisotopic (exact) mass is 715 g/mol. The number of aromatic nitrogens is 3. The molecule has 2 N–H and O–H groups in total. The van der Waals surface area contributed by atoms with E-state index < -0.39 is 32.0 Å². The summed E-state index contributed by atoms with van der Waals surface area (Å²) >= 11 is 0. The average Bonchev–Trinajstić information content (AvgIpc) is 3.81. The van der Waals surface area contributed by atoms with Crippen molar-refractivity contribution in [2.75, 3.05) is 16.4 Å². The molecule has 0 saturated carbocycles. The van der Waals surface area contributed by atoms with Gasteiger partial charge >= 0.3 is 0 Å². The minimum absolute atomic E-state index is 0.105. The number of para-hydroxylation sites is 2. The van der Waals surface area contributed by atoms with Crippen LogP contribution in [0.1, 0.15) is 41.8 Å². The maximum Gasteiger partial charge on any atom is 0.269 e. The van der Waals surface area contributed by atoms with Crippen LogP contribution in [0.15, 0.2) is 109 Å². The number of benzene rings is 4. The Morgan fingerprint density at radius 2 is 1.65 bits per heavy atom. The Balaban J connectivity index is 1.17. The number of aliphatic hydroxyl groups excluding tert-OH is 1. The average molecular weight is 716 g/mol. The maximum atomic E-state index is 15.0. The zero-order chi connectivity index (χ0) is 36.2. The van der Waals surface area contributed by atoms with Crippen molar-refractivity contribution in [2.24, 2.45) is 5.92 Å². The van der Waals surface area contributed by atoms with E-state index in [2.05, 4.69) is 10.3 Å². The second-order valence-corrected chi connectivity index (χ2v) is 18.4. The Morgan fingerprint density at radius 1 is 0.942 bits per heavy atom. The number of ether oxygens (including phenoxy) is 2. The van der Waals surface area contributed by atoms with Crippen molar-refractivity contribution in [3.05, 3.63) is 132 Å². The van der Waals surface area contributed by atoms with E-state index in [1.165, 1.54) is 0 Å². The van der Waals surface area contributed by atoms with Crippen molar-refractivity contribution >= 4 is 37.2 Å². The Labute approximate surface area is 303 Å². The first-order valence-electron chi connectivity index (χ1n) is 17.6. The minimum Gasteiger partial charge on any atom is -0.482 e. The van der Waals surface area contributed by atoms with Gasteiger partial charge in [-0.2, -0.15) is 0 Å². The van der Waals surface area contributed by atoms with Gasteiger partial charge in [0.05, 0.1) is 30.2 Å². The molecule has 0 radical (unpaired) electrons. The van der Waals surface area contributed by atoms with E-state index in [1.54, 1.807) is 20.7 Å². The van der Waals surface area contributed by atoms with E-state index in [0.29, 0.717) is 53.6 Å². The molecule has 3 aliphatic heterocycles. The molecule has 1 aromatic heterocycles. The summed E-state index contributed by atoms with van der Waals surface area (Å²) in [6.07, 6.45) is 0.772. The summed E-state index contributed by atoms with van der Waals surface area (Å²) < 4.78 is 14.5. The molecule has 8 rings (SSSR count). The molecule has 0 bridgehead atoms. The number of fused-ring (bicyclic) bond motifs is 3. The number of hydrogen-bond acceptors (Lipinski definition) is 8.